The second kappa shape index (κ2) is 7.03. The molecule has 0 radical (unpaired) electrons. The van der Waals surface area contributed by atoms with Crippen molar-refractivity contribution in [2.75, 3.05) is 16.8 Å². The van der Waals surface area contributed by atoms with Crippen LogP contribution in [0.4, 0.5) is 11.4 Å². The third-order valence-electron chi connectivity index (χ3n) is 4.54. The predicted molar refractivity (Wildman–Crippen MR) is 103 cm³/mol. The lowest BCUT2D eigenvalue weighted by atomic mass is 10.1. The van der Waals surface area contributed by atoms with E-state index in [1.165, 1.54) is 4.90 Å². The SMILES string of the molecule is O=C1CN(C(=O)CCCc2nc3ccccc3c(=O)[nH]2)c2ccccc2N1. The van der Waals surface area contributed by atoms with E-state index in [0.717, 1.165) is 0 Å². The number of aryl methyl sites for hydroxylation is 1. The average Bonchev–Trinajstić information content (AvgIpc) is 2.67. The fraction of sp³-hybridized carbons (Fsp3) is 0.200. The monoisotopic (exact) mass is 362 g/mol. The second-order valence-corrected chi connectivity index (χ2v) is 6.43. The number of aromatic nitrogens is 2. The summed E-state index contributed by atoms with van der Waals surface area (Å²) in [4.78, 5) is 45.3. The normalized spacial score (nSPS) is 13.3. The summed E-state index contributed by atoms with van der Waals surface area (Å²) in [6.45, 7) is 0.0148. The van der Waals surface area contributed by atoms with Crippen molar-refractivity contribution < 1.29 is 9.59 Å². The number of nitrogens with zero attached hydrogens (tertiary/aromatic N) is 2. The molecule has 2 heterocycles. The average molecular weight is 362 g/mol. The Morgan fingerprint density at radius 2 is 1.85 bits per heavy atom. The number of hydrogen-bond donors (Lipinski definition) is 2. The van der Waals surface area contributed by atoms with Gasteiger partial charge in [0, 0.05) is 12.8 Å². The number of H-pyrrole nitrogens is 1. The van der Waals surface area contributed by atoms with Gasteiger partial charge in [0.05, 0.1) is 22.3 Å². The number of carbonyl (C=O) groups excluding carboxylic acids is 2. The molecule has 0 saturated carbocycles. The van der Waals surface area contributed by atoms with Gasteiger partial charge in [-0.1, -0.05) is 24.3 Å². The number of amides is 2. The first-order valence-electron chi connectivity index (χ1n) is 8.79. The maximum absolute atomic E-state index is 12.6. The molecule has 0 fully saturated rings. The van der Waals surface area contributed by atoms with Crippen LogP contribution in [0.2, 0.25) is 0 Å². The van der Waals surface area contributed by atoms with Gasteiger partial charge in [-0.3, -0.25) is 14.4 Å². The molecule has 1 aliphatic rings. The largest absolute Gasteiger partial charge is 0.323 e. The lowest BCUT2D eigenvalue weighted by Crippen LogP contribution is -2.42. The van der Waals surface area contributed by atoms with Gasteiger partial charge in [0.15, 0.2) is 0 Å². The van der Waals surface area contributed by atoms with Crippen LogP contribution in [-0.2, 0) is 16.0 Å². The summed E-state index contributed by atoms with van der Waals surface area (Å²) in [5, 5.41) is 3.32. The van der Waals surface area contributed by atoms with Gasteiger partial charge < -0.3 is 15.2 Å². The molecule has 0 bridgehead atoms. The molecule has 0 saturated heterocycles. The van der Waals surface area contributed by atoms with Crippen LogP contribution in [0.3, 0.4) is 0 Å². The van der Waals surface area contributed by atoms with E-state index in [4.69, 9.17) is 0 Å². The van der Waals surface area contributed by atoms with Crippen LogP contribution >= 0.6 is 0 Å². The van der Waals surface area contributed by atoms with E-state index in [9.17, 15) is 14.4 Å². The van der Waals surface area contributed by atoms with Crippen molar-refractivity contribution in [1.29, 1.82) is 0 Å². The molecule has 7 heteroatoms. The van der Waals surface area contributed by atoms with Gasteiger partial charge in [0.25, 0.3) is 5.56 Å². The van der Waals surface area contributed by atoms with Crippen LogP contribution in [0, 0.1) is 0 Å². The fourth-order valence-corrected chi connectivity index (χ4v) is 3.25. The first kappa shape index (κ1) is 17.0. The predicted octanol–water partition coefficient (Wildman–Crippen LogP) is 2.23. The van der Waals surface area contributed by atoms with Gasteiger partial charge in [-0.25, -0.2) is 4.98 Å². The summed E-state index contributed by atoms with van der Waals surface area (Å²) in [5.74, 6) is 0.228. The highest BCUT2D eigenvalue weighted by molar-refractivity contribution is 6.09. The molecular formula is C20H18N4O3. The topological polar surface area (TPSA) is 95.2 Å². The van der Waals surface area contributed by atoms with Gasteiger partial charge in [-0.05, 0) is 30.7 Å². The molecule has 2 amide bonds. The van der Waals surface area contributed by atoms with E-state index >= 15 is 0 Å². The van der Waals surface area contributed by atoms with E-state index in [-0.39, 0.29) is 30.3 Å². The first-order chi connectivity index (χ1) is 13.1. The highest BCUT2D eigenvalue weighted by Gasteiger charge is 2.26. The molecule has 0 atom stereocenters. The van der Waals surface area contributed by atoms with Gasteiger partial charge in [-0.15, -0.1) is 0 Å². The van der Waals surface area contributed by atoms with Crippen molar-refractivity contribution in [3.05, 3.63) is 64.7 Å². The van der Waals surface area contributed by atoms with E-state index < -0.39 is 0 Å². The minimum atomic E-state index is -0.206. The van der Waals surface area contributed by atoms with E-state index in [0.29, 0.717) is 40.9 Å². The van der Waals surface area contributed by atoms with Crippen LogP contribution in [0.15, 0.2) is 53.3 Å². The van der Waals surface area contributed by atoms with Gasteiger partial charge in [0.1, 0.15) is 12.4 Å². The summed E-state index contributed by atoms with van der Waals surface area (Å²) in [5.41, 5.74) is 1.81. The van der Waals surface area contributed by atoms with E-state index in [1.807, 2.05) is 24.3 Å². The smallest absolute Gasteiger partial charge is 0.258 e. The van der Waals surface area contributed by atoms with Crippen LogP contribution in [0.1, 0.15) is 18.7 Å². The molecule has 2 N–H and O–H groups in total. The number of nitrogens with one attached hydrogen (secondary N) is 2. The number of benzene rings is 2. The summed E-state index contributed by atoms with van der Waals surface area (Å²) < 4.78 is 0. The highest BCUT2D eigenvalue weighted by atomic mass is 16.2. The van der Waals surface area contributed by atoms with Crippen LogP contribution in [0.25, 0.3) is 10.9 Å². The Labute approximate surface area is 155 Å². The van der Waals surface area contributed by atoms with Crippen molar-refractivity contribution >= 4 is 34.1 Å². The molecule has 0 unspecified atom stereocenters. The summed E-state index contributed by atoms with van der Waals surface area (Å²) >= 11 is 0. The maximum Gasteiger partial charge on any atom is 0.258 e. The Balaban J connectivity index is 1.45. The van der Waals surface area contributed by atoms with Crippen molar-refractivity contribution in [3.63, 3.8) is 0 Å². The van der Waals surface area contributed by atoms with Crippen molar-refractivity contribution in [1.82, 2.24) is 9.97 Å². The summed E-state index contributed by atoms with van der Waals surface area (Å²) in [7, 11) is 0. The Morgan fingerprint density at radius 3 is 2.74 bits per heavy atom. The zero-order valence-electron chi connectivity index (χ0n) is 14.6. The van der Waals surface area contributed by atoms with Crippen LogP contribution < -0.4 is 15.8 Å². The Hall–Kier alpha value is -3.48. The summed E-state index contributed by atoms with van der Waals surface area (Å²) in [6, 6.07) is 14.4. The Bertz CT molecular complexity index is 1090. The fourth-order valence-electron chi connectivity index (χ4n) is 3.25. The quantitative estimate of drug-likeness (QED) is 0.744. The molecular weight excluding hydrogens is 344 g/mol. The number of rotatable bonds is 4. The lowest BCUT2D eigenvalue weighted by molar-refractivity contribution is -0.122. The molecule has 1 aliphatic heterocycles. The maximum atomic E-state index is 12.6. The summed E-state index contributed by atoms with van der Waals surface area (Å²) in [6.07, 6.45) is 1.27. The number of aromatic amines is 1. The molecule has 2 aromatic carbocycles. The highest BCUT2D eigenvalue weighted by Crippen LogP contribution is 2.29. The zero-order chi connectivity index (χ0) is 18.8. The third kappa shape index (κ3) is 3.44. The molecule has 1 aromatic heterocycles. The molecule has 27 heavy (non-hydrogen) atoms. The van der Waals surface area contributed by atoms with Gasteiger partial charge in [0.2, 0.25) is 11.8 Å². The molecule has 0 aliphatic carbocycles. The van der Waals surface area contributed by atoms with Gasteiger partial charge in [-0.2, -0.15) is 0 Å². The number of anilines is 2. The van der Waals surface area contributed by atoms with Crippen LogP contribution in [0.5, 0.6) is 0 Å². The van der Waals surface area contributed by atoms with Crippen molar-refractivity contribution in [3.8, 4) is 0 Å². The zero-order valence-corrected chi connectivity index (χ0v) is 14.6. The molecule has 3 aromatic rings. The van der Waals surface area contributed by atoms with Crippen LogP contribution in [-0.4, -0.2) is 28.3 Å². The van der Waals surface area contributed by atoms with E-state index in [1.54, 1.807) is 24.3 Å². The van der Waals surface area contributed by atoms with E-state index in [2.05, 4.69) is 15.3 Å². The van der Waals surface area contributed by atoms with Crippen molar-refractivity contribution in [2.24, 2.45) is 0 Å². The Kier molecular flexibility index (Phi) is 4.42. The second-order valence-electron chi connectivity index (χ2n) is 6.43. The number of carbonyl (C=O) groups is 2. The molecule has 136 valence electrons. The lowest BCUT2D eigenvalue weighted by Gasteiger charge is -2.29. The third-order valence-corrected chi connectivity index (χ3v) is 4.54. The number of hydrogen-bond acceptors (Lipinski definition) is 4. The molecule has 0 spiro atoms. The minimum absolute atomic E-state index is 0.0148. The van der Waals surface area contributed by atoms with Crippen molar-refractivity contribution in [2.45, 2.75) is 19.3 Å². The number of para-hydroxylation sites is 3. The number of fused-ring (bicyclic) bond motifs is 2. The minimum Gasteiger partial charge on any atom is -0.323 e. The molecule has 4 rings (SSSR count). The first-order valence-corrected chi connectivity index (χ1v) is 8.79. The van der Waals surface area contributed by atoms with Gasteiger partial charge >= 0.3 is 0 Å². The Morgan fingerprint density at radius 1 is 1.07 bits per heavy atom. The standard InChI is InChI=1S/C20H18N4O3/c25-18-12-24(16-9-4-3-8-15(16)22-18)19(26)11-5-10-17-21-14-7-2-1-6-13(14)20(27)23-17/h1-4,6-9H,5,10-12H2,(H,22,25)(H,21,23,27). The molecule has 7 nitrogen and oxygen atoms in total.